The second kappa shape index (κ2) is 9.19. The van der Waals surface area contributed by atoms with Gasteiger partial charge in [0.25, 0.3) is 0 Å². The molecule has 2 heterocycles. The van der Waals surface area contributed by atoms with Crippen LogP contribution < -0.4 is 4.72 Å². The Balaban J connectivity index is 1.50. The number of Topliss-reactive ketones (excluding diaryl/α,β-unsaturated/α-hetero) is 1. The van der Waals surface area contributed by atoms with Crippen molar-refractivity contribution in [2.24, 2.45) is 5.92 Å². The molecule has 1 saturated heterocycles. The van der Waals surface area contributed by atoms with Gasteiger partial charge >= 0.3 is 0 Å². The van der Waals surface area contributed by atoms with Crippen molar-refractivity contribution in [1.29, 1.82) is 0 Å². The van der Waals surface area contributed by atoms with Crippen LogP contribution in [-0.4, -0.2) is 44.6 Å². The number of piperidine rings is 1. The highest BCUT2D eigenvalue weighted by Crippen LogP contribution is 2.19. The number of rotatable bonds is 7. The fraction of sp³-hybridized carbons (Fsp3) is 0.333. The van der Waals surface area contributed by atoms with Gasteiger partial charge in [0.15, 0.2) is 5.78 Å². The van der Waals surface area contributed by atoms with Crippen LogP contribution >= 0.6 is 0 Å². The average Bonchev–Trinajstić information content (AvgIpc) is 3.25. The maximum Gasteiger partial charge on any atom is 0.246 e. The molecule has 7 nitrogen and oxygen atoms in total. The number of benzene rings is 1. The van der Waals surface area contributed by atoms with Crippen LogP contribution in [-0.2, 0) is 14.8 Å². The summed E-state index contributed by atoms with van der Waals surface area (Å²) in [5, 5.41) is 0. The van der Waals surface area contributed by atoms with Gasteiger partial charge in [0.1, 0.15) is 5.76 Å². The van der Waals surface area contributed by atoms with Gasteiger partial charge in [-0.15, -0.1) is 0 Å². The monoisotopic (exact) mass is 416 g/mol. The molecule has 0 saturated carbocycles. The van der Waals surface area contributed by atoms with Crippen LogP contribution in [0.4, 0.5) is 0 Å². The van der Waals surface area contributed by atoms with Crippen LogP contribution in [0.15, 0.2) is 58.1 Å². The van der Waals surface area contributed by atoms with E-state index in [9.17, 15) is 18.0 Å². The van der Waals surface area contributed by atoms with Crippen LogP contribution in [0.3, 0.4) is 0 Å². The van der Waals surface area contributed by atoms with E-state index in [0.717, 1.165) is 12.8 Å². The van der Waals surface area contributed by atoms with E-state index < -0.39 is 10.0 Å². The Bertz CT molecular complexity index is 988. The molecule has 0 spiro atoms. The van der Waals surface area contributed by atoms with Gasteiger partial charge in [0.05, 0.1) is 11.2 Å². The molecule has 154 valence electrons. The van der Waals surface area contributed by atoms with Crippen molar-refractivity contribution in [1.82, 2.24) is 9.62 Å². The molecule has 0 unspecified atom stereocenters. The minimum Gasteiger partial charge on any atom is -0.465 e. The second-order valence-corrected chi connectivity index (χ2v) is 8.82. The third kappa shape index (κ3) is 5.65. The van der Waals surface area contributed by atoms with Gasteiger partial charge in [-0.25, -0.2) is 13.1 Å². The molecule has 0 aliphatic carbocycles. The Morgan fingerprint density at radius 3 is 2.62 bits per heavy atom. The maximum atomic E-state index is 12.5. The third-order valence-corrected chi connectivity index (χ3v) is 6.39. The van der Waals surface area contributed by atoms with Crippen LogP contribution in [0.2, 0.25) is 0 Å². The minimum absolute atomic E-state index is 0.0820. The van der Waals surface area contributed by atoms with Crippen LogP contribution in [0.5, 0.6) is 0 Å². The highest BCUT2D eigenvalue weighted by atomic mass is 32.2. The van der Waals surface area contributed by atoms with E-state index in [1.807, 2.05) is 0 Å². The molecule has 0 radical (unpaired) electrons. The normalized spacial score (nSPS) is 15.7. The molecule has 1 aromatic carbocycles. The van der Waals surface area contributed by atoms with E-state index in [1.54, 1.807) is 41.5 Å². The van der Waals surface area contributed by atoms with E-state index in [1.165, 1.54) is 25.1 Å². The van der Waals surface area contributed by atoms with Crippen molar-refractivity contribution in [3.05, 3.63) is 60.1 Å². The van der Waals surface area contributed by atoms with Crippen LogP contribution in [0.1, 0.15) is 35.9 Å². The van der Waals surface area contributed by atoms with Crippen molar-refractivity contribution in [2.75, 3.05) is 19.6 Å². The summed E-state index contributed by atoms with van der Waals surface area (Å²) in [6, 6.07) is 9.54. The molecule has 29 heavy (non-hydrogen) atoms. The largest absolute Gasteiger partial charge is 0.465 e. The number of furan rings is 1. The highest BCUT2D eigenvalue weighted by Gasteiger charge is 2.24. The number of ketones is 1. The van der Waals surface area contributed by atoms with E-state index in [4.69, 9.17) is 4.42 Å². The Morgan fingerprint density at radius 2 is 1.97 bits per heavy atom. The lowest BCUT2D eigenvalue weighted by Gasteiger charge is -2.31. The number of amides is 1. The fourth-order valence-electron chi connectivity index (χ4n) is 3.20. The van der Waals surface area contributed by atoms with Gasteiger partial charge in [0.2, 0.25) is 15.9 Å². The quantitative estimate of drug-likeness (QED) is 0.553. The average molecular weight is 416 g/mol. The molecule has 1 fully saturated rings. The molecule has 1 aromatic heterocycles. The van der Waals surface area contributed by atoms with Crippen LogP contribution in [0, 0.1) is 5.92 Å². The number of sulfonamides is 1. The Labute approximate surface area is 170 Å². The molecule has 0 bridgehead atoms. The molecule has 1 N–H and O–H groups in total. The molecule has 0 atom stereocenters. The molecule has 1 aliphatic heterocycles. The van der Waals surface area contributed by atoms with E-state index in [0.29, 0.717) is 31.0 Å². The summed E-state index contributed by atoms with van der Waals surface area (Å²) >= 11 is 0. The number of likely N-dealkylation sites (tertiary alicyclic amines) is 1. The van der Waals surface area contributed by atoms with Crippen molar-refractivity contribution in [3.8, 4) is 0 Å². The highest BCUT2D eigenvalue weighted by molar-refractivity contribution is 7.89. The van der Waals surface area contributed by atoms with Gasteiger partial charge in [0, 0.05) is 31.3 Å². The molecule has 1 amide bonds. The first-order valence-corrected chi connectivity index (χ1v) is 10.9. The summed E-state index contributed by atoms with van der Waals surface area (Å²) in [6.45, 7) is 2.86. The van der Waals surface area contributed by atoms with Gasteiger partial charge in [-0.1, -0.05) is 12.1 Å². The van der Waals surface area contributed by atoms with E-state index in [2.05, 4.69) is 4.72 Å². The Kier molecular flexibility index (Phi) is 6.66. The summed E-state index contributed by atoms with van der Waals surface area (Å²) in [7, 11) is -3.68. The summed E-state index contributed by atoms with van der Waals surface area (Å²) in [5.74, 6) is 0.511. The Morgan fingerprint density at radius 1 is 1.21 bits per heavy atom. The number of nitrogens with zero attached hydrogens (tertiary/aromatic N) is 1. The number of nitrogens with one attached hydrogen (secondary N) is 1. The maximum absolute atomic E-state index is 12.5. The lowest BCUT2D eigenvalue weighted by molar-refractivity contribution is -0.127. The molecule has 8 heteroatoms. The van der Waals surface area contributed by atoms with Gasteiger partial charge in [-0.2, -0.15) is 0 Å². The van der Waals surface area contributed by atoms with E-state index in [-0.39, 0.29) is 22.5 Å². The molecule has 1 aliphatic rings. The van der Waals surface area contributed by atoms with E-state index >= 15 is 0 Å². The lowest BCUT2D eigenvalue weighted by Crippen LogP contribution is -2.40. The summed E-state index contributed by atoms with van der Waals surface area (Å²) in [4.78, 5) is 25.6. The first-order valence-electron chi connectivity index (χ1n) is 9.46. The van der Waals surface area contributed by atoms with Gasteiger partial charge in [-0.05, 0) is 56.0 Å². The zero-order chi connectivity index (χ0) is 20.9. The molecular formula is C21H24N2O5S. The predicted octanol–water partition coefficient (Wildman–Crippen LogP) is 2.71. The summed E-state index contributed by atoms with van der Waals surface area (Å²) in [6.07, 6.45) is 6.11. The first kappa shape index (κ1) is 21.0. The topological polar surface area (TPSA) is 96.7 Å². The molecule has 2 aromatic rings. The first-order chi connectivity index (χ1) is 13.8. The third-order valence-electron chi connectivity index (χ3n) is 4.97. The van der Waals surface area contributed by atoms with Crippen LogP contribution in [0.25, 0.3) is 6.08 Å². The predicted molar refractivity (Wildman–Crippen MR) is 109 cm³/mol. The van der Waals surface area contributed by atoms with Gasteiger partial charge < -0.3 is 9.32 Å². The van der Waals surface area contributed by atoms with Crippen molar-refractivity contribution in [3.63, 3.8) is 0 Å². The van der Waals surface area contributed by atoms with Gasteiger partial charge in [-0.3, -0.25) is 9.59 Å². The van der Waals surface area contributed by atoms with Crippen molar-refractivity contribution >= 4 is 27.8 Å². The lowest BCUT2D eigenvalue weighted by atomic mass is 9.97. The number of hydrogen-bond donors (Lipinski definition) is 1. The molecular weight excluding hydrogens is 392 g/mol. The number of carbonyl (C=O) groups is 2. The molecule has 3 rings (SSSR count). The number of carbonyl (C=O) groups excluding carboxylic acids is 2. The fourth-order valence-corrected chi connectivity index (χ4v) is 4.36. The van der Waals surface area contributed by atoms with Crippen molar-refractivity contribution < 1.29 is 22.4 Å². The zero-order valence-electron chi connectivity index (χ0n) is 16.2. The standard InChI is InChI=1S/C21H24N2O5S/c1-16(24)18-4-2-6-20(14-18)29(26,27)22-15-17-9-11-23(12-10-17)21(25)8-7-19-5-3-13-28-19/h2-8,13-14,17,22H,9-12,15H2,1H3/b8-7+. The summed E-state index contributed by atoms with van der Waals surface area (Å²) < 4.78 is 32.8. The SMILES string of the molecule is CC(=O)c1cccc(S(=O)(=O)NCC2CCN(C(=O)/C=C/c3ccco3)CC2)c1. The zero-order valence-corrected chi connectivity index (χ0v) is 17.0. The minimum atomic E-state index is -3.68. The second-order valence-electron chi connectivity index (χ2n) is 7.05. The Hall–Kier alpha value is -2.71. The number of hydrogen-bond acceptors (Lipinski definition) is 5. The summed E-state index contributed by atoms with van der Waals surface area (Å²) in [5.41, 5.74) is 0.363. The van der Waals surface area contributed by atoms with Crippen molar-refractivity contribution in [2.45, 2.75) is 24.7 Å². The smallest absolute Gasteiger partial charge is 0.246 e.